The van der Waals surface area contributed by atoms with Gasteiger partial charge >= 0.3 is 5.97 Å². The normalized spacial score (nSPS) is 11.7. The first-order valence-electron chi connectivity index (χ1n) is 10.6. The molecule has 1 aromatic heterocycles. The van der Waals surface area contributed by atoms with E-state index in [4.69, 9.17) is 4.74 Å². The number of sulfonamides is 1. The van der Waals surface area contributed by atoms with E-state index in [1.807, 2.05) is 64.1 Å². The van der Waals surface area contributed by atoms with Gasteiger partial charge in [0.05, 0.1) is 11.5 Å². The predicted octanol–water partition coefficient (Wildman–Crippen LogP) is 4.82. The van der Waals surface area contributed by atoms with E-state index in [1.54, 1.807) is 19.1 Å². The predicted molar refractivity (Wildman–Crippen MR) is 125 cm³/mol. The smallest absolute Gasteiger partial charge is 0.355 e. The van der Waals surface area contributed by atoms with Crippen LogP contribution in [-0.4, -0.2) is 30.3 Å². The van der Waals surface area contributed by atoms with Crippen LogP contribution < -0.4 is 0 Å². The summed E-state index contributed by atoms with van der Waals surface area (Å²) in [6, 6.07) is 14.7. The Morgan fingerprint density at radius 1 is 0.969 bits per heavy atom. The maximum absolute atomic E-state index is 13.7. The van der Waals surface area contributed by atoms with Crippen molar-refractivity contribution < 1.29 is 17.9 Å². The van der Waals surface area contributed by atoms with Crippen molar-refractivity contribution in [2.45, 2.75) is 52.6 Å². The lowest BCUT2D eigenvalue weighted by atomic mass is 10.1. The molecule has 0 aliphatic rings. The van der Waals surface area contributed by atoms with Gasteiger partial charge in [-0.1, -0.05) is 36.4 Å². The summed E-state index contributed by atoms with van der Waals surface area (Å²) < 4.78 is 34.0. The summed E-state index contributed by atoms with van der Waals surface area (Å²) in [7, 11) is -3.79. The average Bonchev–Trinajstić information content (AvgIpc) is 3.04. The van der Waals surface area contributed by atoms with Crippen molar-refractivity contribution in [1.82, 2.24) is 9.29 Å². The third-order valence-corrected chi connectivity index (χ3v) is 7.51. The number of benzene rings is 2. The number of aromatic nitrogens is 1. The molecule has 1 N–H and O–H groups in total. The Hall–Kier alpha value is -2.90. The number of rotatable bonds is 8. The lowest BCUT2D eigenvalue weighted by molar-refractivity contribution is 0.0519. The van der Waals surface area contributed by atoms with E-state index < -0.39 is 16.0 Å². The first kappa shape index (κ1) is 23.8. The summed E-state index contributed by atoms with van der Waals surface area (Å²) >= 11 is 0. The van der Waals surface area contributed by atoms with Crippen molar-refractivity contribution in [3.05, 3.63) is 87.7 Å². The SMILES string of the molecule is CCOC(=O)c1[nH]c(C)c(CN(Cc2ccccc2)S(=O)(=O)c2ccc(C)c(C)c2)c1C. The van der Waals surface area contributed by atoms with E-state index in [-0.39, 0.29) is 24.6 Å². The number of H-pyrrole nitrogens is 1. The number of carbonyl (C=O) groups is 1. The Labute approximate surface area is 190 Å². The number of esters is 1. The zero-order valence-corrected chi connectivity index (χ0v) is 20.0. The summed E-state index contributed by atoms with van der Waals surface area (Å²) in [5, 5.41) is 0. The van der Waals surface area contributed by atoms with Crippen LogP contribution in [0.3, 0.4) is 0 Å². The van der Waals surface area contributed by atoms with Crippen molar-refractivity contribution in [3.8, 4) is 0 Å². The van der Waals surface area contributed by atoms with Crippen molar-refractivity contribution in [1.29, 1.82) is 0 Å². The zero-order valence-electron chi connectivity index (χ0n) is 19.2. The lowest BCUT2D eigenvalue weighted by Gasteiger charge is -2.23. The van der Waals surface area contributed by atoms with E-state index in [2.05, 4.69) is 4.98 Å². The van der Waals surface area contributed by atoms with E-state index in [1.165, 1.54) is 4.31 Å². The number of aryl methyl sites for hydroxylation is 3. The minimum Gasteiger partial charge on any atom is -0.461 e. The molecule has 0 radical (unpaired) electrons. The summed E-state index contributed by atoms with van der Waals surface area (Å²) in [6.07, 6.45) is 0. The number of nitrogens with one attached hydrogen (secondary N) is 1. The third kappa shape index (κ3) is 4.95. The topological polar surface area (TPSA) is 79.5 Å². The molecule has 0 unspecified atom stereocenters. The fraction of sp³-hybridized carbons (Fsp3) is 0.320. The fourth-order valence-electron chi connectivity index (χ4n) is 3.65. The number of carbonyl (C=O) groups excluding carboxylic acids is 1. The van der Waals surface area contributed by atoms with Crippen LogP contribution in [0.5, 0.6) is 0 Å². The van der Waals surface area contributed by atoms with Crippen LogP contribution in [0.25, 0.3) is 0 Å². The van der Waals surface area contributed by atoms with E-state index in [9.17, 15) is 13.2 Å². The van der Waals surface area contributed by atoms with Gasteiger partial charge in [0.15, 0.2) is 0 Å². The maximum Gasteiger partial charge on any atom is 0.355 e. The van der Waals surface area contributed by atoms with Crippen LogP contribution in [0.2, 0.25) is 0 Å². The van der Waals surface area contributed by atoms with Gasteiger partial charge in [-0.15, -0.1) is 0 Å². The van der Waals surface area contributed by atoms with Crippen LogP contribution in [0.15, 0.2) is 53.4 Å². The van der Waals surface area contributed by atoms with Crippen LogP contribution >= 0.6 is 0 Å². The first-order valence-corrected chi connectivity index (χ1v) is 12.1. The molecule has 0 bridgehead atoms. The summed E-state index contributed by atoms with van der Waals surface area (Å²) in [5.41, 5.74) is 5.43. The summed E-state index contributed by atoms with van der Waals surface area (Å²) in [6.45, 7) is 9.89. The van der Waals surface area contributed by atoms with Crippen LogP contribution in [0.4, 0.5) is 0 Å². The quantitative estimate of drug-likeness (QED) is 0.495. The molecule has 2 aromatic carbocycles. The third-order valence-electron chi connectivity index (χ3n) is 5.72. The Kier molecular flexibility index (Phi) is 7.21. The largest absolute Gasteiger partial charge is 0.461 e. The van der Waals surface area contributed by atoms with Gasteiger partial charge in [0.1, 0.15) is 5.69 Å². The molecule has 7 heteroatoms. The molecule has 6 nitrogen and oxygen atoms in total. The van der Waals surface area contributed by atoms with Gasteiger partial charge < -0.3 is 9.72 Å². The molecule has 170 valence electrons. The summed E-state index contributed by atoms with van der Waals surface area (Å²) in [5.74, 6) is -0.439. The number of nitrogens with zero attached hydrogens (tertiary/aromatic N) is 1. The van der Waals surface area contributed by atoms with Gasteiger partial charge in [-0.05, 0) is 74.6 Å². The van der Waals surface area contributed by atoms with Crippen LogP contribution in [0, 0.1) is 27.7 Å². The van der Waals surface area contributed by atoms with E-state index in [0.717, 1.165) is 27.9 Å². The molecule has 0 saturated heterocycles. The average molecular weight is 455 g/mol. The highest BCUT2D eigenvalue weighted by Gasteiger charge is 2.28. The Balaban J connectivity index is 2.04. The van der Waals surface area contributed by atoms with Gasteiger partial charge in [-0.2, -0.15) is 4.31 Å². The molecule has 0 aliphatic carbocycles. The highest BCUT2D eigenvalue weighted by Crippen LogP contribution is 2.27. The minimum atomic E-state index is -3.79. The van der Waals surface area contributed by atoms with Gasteiger partial charge in [0.2, 0.25) is 10.0 Å². The molecular weight excluding hydrogens is 424 g/mol. The zero-order chi connectivity index (χ0) is 23.5. The molecular formula is C25H30N2O4S. The maximum atomic E-state index is 13.7. The molecule has 3 rings (SSSR count). The molecule has 32 heavy (non-hydrogen) atoms. The van der Waals surface area contributed by atoms with Crippen LogP contribution in [0.1, 0.15) is 50.9 Å². The second-order valence-electron chi connectivity index (χ2n) is 7.95. The second kappa shape index (κ2) is 9.71. The number of aromatic amines is 1. The monoisotopic (exact) mass is 454 g/mol. The molecule has 1 heterocycles. The minimum absolute atomic E-state index is 0.137. The van der Waals surface area contributed by atoms with Crippen molar-refractivity contribution in [2.75, 3.05) is 6.61 Å². The molecule has 0 fully saturated rings. The molecule has 0 spiro atoms. The number of hydrogen-bond donors (Lipinski definition) is 1. The van der Waals surface area contributed by atoms with Crippen molar-refractivity contribution in [3.63, 3.8) is 0 Å². The van der Waals surface area contributed by atoms with E-state index in [0.29, 0.717) is 11.3 Å². The number of ether oxygens (including phenoxy) is 1. The van der Waals surface area contributed by atoms with Gasteiger partial charge in [0, 0.05) is 18.8 Å². The van der Waals surface area contributed by atoms with Crippen molar-refractivity contribution >= 4 is 16.0 Å². The van der Waals surface area contributed by atoms with Crippen LogP contribution in [-0.2, 0) is 27.8 Å². The van der Waals surface area contributed by atoms with Crippen molar-refractivity contribution in [2.24, 2.45) is 0 Å². The number of hydrogen-bond acceptors (Lipinski definition) is 4. The standard InChI is InChI=1S/C25H30N2O4S/c1-6-31-25(28)24-19(4)23(20(5)26-24)16-27(15-21-10-8-7-9-11-21)32(29,30)22-13-12-17(2)18(3)14-22/h7-14,26H,6,15-16H2,1-5H3. The van der Waals surface area contributed by atoms with Gasteiger partial charge in [0.25, 0.3) is 0 Å². The van der Waals surface area contributed by atoms with E-state index >= 15 is 0 Å². The molecule has 3 aromatic rings. The second-order valence-corrected chi connectivity index (χ2v) is 9.89. The van der Waals surface area contributed by atoms with Gasteiger partial charge in [-0.3, -0.25) is 0 Å². The molecule has 0 atom stereocenters. The molecule has 0 amide bonds. The Morgan fingerprint density at radius 2 is 1.66 bits per heavy atom. The van der Waals surface area contributed by atoms with Gasteiger partial charge in [-0.25, -0.2) is 13.2 Å². The highest BCUT2D eigenvalue weighted by atomic mass is 32.2. The molecule has 0 aliphatic heterocycles. The first-order chi connectivity index (χ1) is 15.1. The Morgan fingerprint density at radius 3 is 2.28 bits per heavy atom. The lowest BCUT2D eigenvalue weighted by Crippen LogP contribution is -2.30. The Bertz CT molecular complexity index is 1210. The summed E-state index contributed by atoms with van der Waals surface area (Å²) in [4.78, 5) is 15.6. The molecule has 0 saturated carbocycles. The highest BCUT2D eigenvalue weighted by molar-refractivity contribution is 7.89. The fourth-order valence-corrected chi connectivity index (χ4v) is 5.13.